The van der Waals surface area contributed by atoms with Crippen LogP contribution in [0.4, 0.5) is 13.2 Å². The zero-order valence-electron chi connectivity index (χ0n) is 13.9. The van der Waals surface area contributed by atoms with Crippen LogP contribution < -0.4 is 0 Å². The number of alkyl halides is 3. The monoisotopic (exact) mass is 346 g/mol. The number of aromatic nitrogens is 3. The standard InChI is InChI=1S/C18H17F3N4/c1-17(9-7-12(11-22)8-10-17)16-24-23-15(25(16)2)13-5-3-4-6-14(13)18(19,20)21/h3-7H,8-10H2,1-2H3. The topological polar surface area (TPSA) is 54.5 Å². The Morgan fingerprint density at radius 2 is 1.96 bits per heavy atom. The first kappa shape index (κ1) is 17.2. The van der Waals surface area contributed by atoms with E-state index in [0.717, 1.165) is 11.6 Å². The van der Waals surface area contributed by atoms with Gasteiger partial charge >= 0.3 is 6.18 Å². The fourth-order valence-corrected chi connectivity index (χ4v) is 3.28. The molecule has 1 aliphatic carbocycles. The zero-order valence-corrected chi connectivity index (χ0v) is 13.9. The third-order valence-corrected chi connectivity index (χ3v) is 4.78. The van der Waals surface area contributed by atoms with Gasteiger partial charge in [0.25, 0.3) is 0 Å². The van der Waals surface area contributed by atoms with Gasteiger partial charge in [0.1, 0.15) is 5.82 Å². The molecule has 0 spiro atoms. The van der Waals surface area contributed by atoms with Crippen LogP contribution in [0.5, 0.6) is 0 Å². The van der Waals surface area contributed by atoms with Crippen molar-refractivity contribution in [2.45, 2.75) is 37.8 Å². The van der Waals surface area contributed by atoms with Gasteiger partial charge in [-0.15, -0.1) is 10.2 Å². The van der Waals surface area contributed by atoms with E-state index in [0.29, 0.717) is 25.1 Å². The number of nitriles is 1. The van der Waals surface area contributed by atoms with Crippen LogP contribution in [-0.4, -0.2) is 14.8 Å². The molecular weight excluding hydrogens is 329 g/mol. The van der Waals surface area contributed by atoms with Gasteiger partial charge in [-0.05, 0) is 25.3 Å². The first-order chi connectivity index (χ1) is 11.8. The highest BCUT2D eigenvalue weighted by molar-refractivity contribution is 5.61. The fourth-order valence-electron chi connectivity index (χ4n) is 3.28. The van der Waals surface area contributed by atoms with Gasteiger partial charge in [-0.25, -0.2) is 0 Å². The maximum atomic E-state index is 13.3. The molecule has 0 saturated carbocycles. The minimum Gasteiger partial charge on any atom is -0.314 e. The van der Waals surface area contributed by atoms with Crippen LogP contribution in [0, 0.1) is 11.3 Å². The zero-order chi connectivity index (χ0) is 18.2. The molecule has 2 aromatic rings. The number of allylic oxidation sites excluding steroid dienone is 2. The van der Waals surface area contributed by atoms with Gasteiger partial charge in [-0.2, -0.15) is 18.4 Å². The normalized spacial score (nSPS) is 20.9. The maximum Gasteiger partial charge on any atom is 0.417 e. The van der Waals surface area contributed by atoms with E-state index in [1.807, 2.05) is 13.0 Å². The van der Waals surface area contributed by atoms with E-state index in [2.05, 4.69) is 16.3 Å². The summed E-state index contributed by atoms with van der Waals surface area (Å²) >= 11 is 0. The molecule has 1 aromatic carbocycles. The first-order valence-corrected chi connectivity index (χ1v) is 7.92. The Kier molecular flexibility index (Phi) is 4.15. The van der Waals surface area contributed by atoms with E-state index in [9.17, 15) is 13.2 Å². The van der Waals surface area contributed by atoms with Crippen molar-refractivity contribution in [1.29, 1.82) is 5.26 Å². The summed E-state index contributed by atoms with van der Waals surface area (Å²) in [5.74, 6) is 0.826. The van der Waals surface area contributed by atoms with Crippen LogP contribution in [0.15, 0.2) is 35.9 Å². The molecule has 130 valence electrons. The van der Waals surface area contributed by atoms with Gasteiger partial charge in [0.05, 0.1) is 11.6 Å². The largest absolute Gasteiger partial charge is 0.417 e. The summed E-state index contributed by atoms with van der Waals surface area (Å²) in [5.41, 5.74) is -0.322. The minimum absolute atomic E-state index is 0.0175. The van der Waals surface area contributed by atoms with Gasteiger partial charge in [-0.1, -0.05) is 31.2 Å². The Labute approximate surface area is 143 Å². The number of rotatable bonds is 2. The summed E-state index contributed by atoms with van der Waals surface area (Å²) in [4.78, 5) is 0. The molecule has 1 heterocycles. The van der Waals surface area contributed by atoms with Crippen molar-refractivity contribution >= 4 is 0 Å². The van der Waals surface area contributed by atoms with Crippen molar-refractivity contribution in [3.63, 3.8) is 0 Å². The second-order valence-corrected chi connectivity index (χ2v) is 6.56. The summed E-state index contributed by atoms with van der Waals surface area (Å²) in [6.45, 7) is 2.00. The molecular formula is C18H17F3N4. The van der Waals surface area contributed by atoms with Gasteiger partial charge < -0.3 is 4.57 Å². The van der Waals surface area contributed by atoms with E-state index in [1.165, 1.54) is 12.1 Å². The van der Waals surface area contributed by atoms with Crippen LogP contribution in [0.1, 0.15) is 37.6 Å². The van der Waals surface area contributed by atoms with Crippen molar-refractivity contribution in [3.05, 3.63) is 47.3 Å². The molecule has 3 rings (SSSR count). The average Bonchev–Trinajstić information content (AvgIpc) is 2.97. The second kappa shape index (κ2) is 6.03. The number of halogens is 3. The molecule has 0 amide bonds. The number of nitrogens with zero attached hydrogens (tertiary/aromatic N) is 4. The highest BCUT2D eigenvalue weighted by Gasteiger charge is 2.37. The van der Waals surface area contributed by atoms with Gasteiger partial charge in [-0.3, -0.25) is 0 Å². The van der Waals surface area contributed by atoms with E-state index in [1.54, 1.807) is 17.7 Å². The Morgan fingerprint density at radius 1 is 1.24 bits per heavy atom. The molecule has 0 radical (unpaired) electrons. The van der Waals surface area contributed by atoms with E-state index >= 15 is 0 Å². The molecule has 0 saturated heterocycles. The van der Waals surface area contributed by atoms with Crippen LogP contribution in [0.3, 0.4) is 0 Å². The van der Waals surface area contributed by atoms with Crippen LogP contribution >= 0.6 is 0 Å². The molecule has 25 heavy (non-hydrogen) atoms. The Balaban J connectivity index is 2.05. The average molecular weight is 346 g/mol. The highest BCUT2D eigenvalue weighted by atomic mass is 19.4. The molecule has 4 nitrogen and oxygen atoms in total. The van der Waals surface area contributed by atoms with Gasteiger partial charge in [0.2, 0.25) is 0 Å². The second-order valence-electron chi connectivity index (χ2n) is 6.56. The van der Waals surface area contributed by atoms with Crippen molar-refractivity contribution in [3.8, 4) is 17.5 Å². The van der Waals surface area contributed by atoms with Crippen molar-refractivity contribution in [1.82, 2.24) is 14.8 Å². The lowest BCUT2D eigenvalue weighted by Gasteiger charge is -2.30. The van der Waals surface area contributed by atoms with E-state index < -0.39 is 11.7 Å². The number of benzene rings is 1. The summed E-state index contributed by atoms with van der Waals surface area (Å²) in [6, 6.07) is 7.54. The third-order valence-electron chi connectivity index (χ3n) is 4.78. The summed E-state index contributed by atoms with van der Waals surface area (Å²) < 4.78 is 41.5. The Hall–Kier alpha value is -2.62. The molecule has 1 aliphatic rings. The number of hydrogen-bond acceptors (Lipinski definition) is 3. The van der Waals surface area contributed by atoms with Crippen molar-refractivity contribution in [2.75, 3.05) is 0 Å². The predicted molar refractivity (Wildman–Crippen MR) is 86.3 cm³/mol. The molecule has 0 N–H and O–H groups in total. The molecule has 1 aromatic heterocycles. The molecule has 0 bridgehead atoms. The summed E-state index contributed by atoms with van der Waals surface area (Å²) in [7, 11) is 1.69. The minimum atomic E-state index is -4.46. The third kappa shape index (κ3) is 3.04. The van der Waals surface area contributed by atoms with E-state index in [-0.39, 0.29) is 16.8 Å². The number of hydrogen-bond donors (Lipinski definition) is 0. The lowest BCUT2D eigenvalue weighted by molar-refractivity contribution is -0.137. The Bertz CT molecular complexity index is 873. The lowest BCUT2D eigenvalue weighted by atomic mass is 9.76. The highest BCUT2D eigenvalue weighted by Crippen LogP contribution is 2.40. The van der Waals surface area contributed by atoms with Gasteiger partial charge in [0.15, 0.2) is 5.82 Å². The maximum absolute atomic E-state index is 13.3. The first-order valence-electron chi connectivity index (χ1n) is 7.92. The quantitative estimate of drug-likeness (QED) is 0.810. The molecule has 1 atom stereocenters. The summed E-state index contributed by atoms with van der Waals surface area (Å²) in [6.07, 6.45) is -0.625. The molecule has 0 aliphatic heterocycles. The van der Waals surface area contributed by atoms with Crippen molar-refractivity contribution in [2.24, 2.45) is 7.05 Å². The predicted octanol–water partition coefficient (Wildman–Crippen LogP) is 4.39. The van der Waals surface area contributed by atoms with Crippen LogP contribution in [-0.2, 0) is 18.6 Å². The van der Waals surface area contributed by atoms with Crippen molar-refractivity contribution < 1.29 is 13.2 Å². The fraction of sp³-hybridized carbons (Fsp3) is 0.389. The lowest BCUT2D eigenvalue weighted by Crippen LogP contribution is -2.28. The van der Waals surface area contributed by atoms with Crippen LogP contribution in [0.25, 0.3) is 11.4 Å². The van der Waals surface area contributed by atoms with E-state index in [4.69, 9.17) is 5.26 Å². The smallest absolute Gasteiger partial charge is 0.314 e. The molecule has 1 unspecified atom stereocenters. The molecule has 0 fully saturated rings. The van der Waals surface area contributed by atoms with Gasteiger partial charge in [0, 0.05) is 23.6 Å². The molecule has 7 heteroatoms. The SMILES string of the molecule is Cn1c(-c2ccccc2C(F)(F)F)nnc1C1(C)CC=C(C#N)CC1. The van der Waals surface area contributed by atoms with Crippen LogP contribution in [0.2, 0.25) is 0 Å². The Morgan fingerprint density at radius 3 is 2.56 bits per heavy atom. The summed E-state index contributed by atoms with van der Waals surface area (Å²) in [5, 5.41) is 17.2.